The van der Waals surface area contributed by atoms with Crippen molar-refractivity contribution in [3.8, 4) is 17.1 Å². The van der Waals surface area contributed by atoms with Gasteiger partial charge in [0.05, 0.1) is 22.7 Å². The van der Waals surface area contributed by atoms with Crippen LogP contribution in [0.2, 0.25) is 5.02 Å². The molecule has 3 heterocycles. The monoisotopic (exact) mass is 535 g/mol. The van der Waals surface area contributed by atoms with E-state index in [0.29, 0.717) is 47.9 Å². The van der Waals surface area contributed by atoms with Gasteiger partial charge in [-0.05, 0) is 55.3 Å². The molecule has 2 aromatic heterocycles. The molecule has 1 fully saturated rings. The highest BCUT2D eigenvalue weighted by molar-refractivity contribution is 7.99. The topological polar surface area (TPSA) is 84.5 Å². The van der Waals surface area contributed by atoms with E-state index in [2.05, 4.69) is 28.4 Å². The number of benzene rings is 2. The minimum atomic E-state index is -0.153. The summed E-state index contributed by atoms with van der Waals surface area (Å²) in [5.74, 6) is 0.984. The molecule has 10 heteroatoms. The quantitative estimate of drug-likeness (QED) is 0.327. The summed E-state index contributed by atoms with van der Waals surface area (Å²) in [6, 6.07) is 17.1. The smallest absolute Gasteiger partial charge is 0.289 e. The predicted molar refractivity (Wildman–Crippen MR) is 143 cm³/mol. The summed E-state index contributed by atoms with van der Waals surface area (Å²) in [5, 5.41) is 10.1. The van der Waals surface area contributed by atoms with E-state index in [1.54, 1.807) is 21.9 Å². The molecule has 1 aliphatic heterocycles. The maximum atomic E-state index is 13.1. The Bertz CT molecular complexity index is 1430. The van der Waals surface area contributed by atoms with Gasteiger partial charge in [0.25, 0.3) is 5.91 Å². The number of aromatic nitrogens is 3. The van der Waals surface area contributed by atoms with Gasteiger partial charge in [-0.25, -0.2) is 0 Å². The van der Waals surface area contributed by atoms with Crippen molar-refractivity contribution in [2.45, 2.75) is 19.0 Å². The maximum absolute atomic E-state index is 13.1. The van der Waals surface area contributed by atoms with Crippen LogP contribution in [0.3, 0.4) is 0 Å². The zero-order valence-corrected chi connectivity index (χ0v) is 22.1. The Morgan fingerprint density at radius 1 is 0.973 bits per heavy atom. The van der Waals surface area contributed by atoms with Crippen LogP contribution in [-0.4, -0.2) is 68.3 Å². The highest BCUT2D eigenvalue weighted by Crippen LogP contribution is 2.33. The van der Waals surface area contributed by atoms with Gasteiger partial charge in [-0.3, -0.25) is 14.2 Å². The molecule has 0 aliphatic carbocycles. The Morgan fingerprint density at radius 2 is 1.73 bits per heavy atom. The first kappa shape index (κ1) is 25.1. The number of piperazine rings is 1. The van der Waals surface area contributed by atoms with E-state index in [4.69, 9.17) is 16.0 Å². The number of carbonyl (C=O) groups is 2. The highest BCUT2D eigenvalue weighted by atomic mass is 35.5. The van der Waals surface area contributed by atoms with Gasteiger partial charge in [0.1, 0.15) is 0 Å². The Labute approximate surface area is 224 Å². The van der Waals surface area contributed by atoms with E-state index in [1.807, 2.05) is 42.7 Å². The fourth-order valence-corrected chi connectivity index (χ4v) is 5.36. The van der Waals surface area contributed by atoms with Crippen LogP contribution in [0.1, 0.15) is 21.7 Å². The highest BCUT2D eigenvalue weighted by Gasteiger charge is 2.27. The van der Waals surface area contributed by atoms with Crippen molar-refractivity contribution in [2.75, 3.05) is 31.9 Å². The summed E-state index contributed by atoms with van der Waals surface area (Å²) >= 11 is 7.86. The average Bonchev–Trinajstić information content (AvgIpc) is 3.59. The number of furan rings is 1. The summed E-state index contributed by atoms with van der Waals surface area (Å²) in [6.45, 7) is 5.95. The molecule has 0 bridgehead atoms. The van der Waals surface area contributed by atoms with Crippen molar-refractivity contribution in [3.05, 3.63) is 82.8 Å². The zero-order chi connectivity index (χ0) is 25.9. The predicted octanol–water partition coefficient (Wildman–Crippen LogP) is 4.87. The molecule has 190 valence electrons. The number of nitrogens with zero attached hydrogens (tertiary/aromatic N) is 5. The van der Waals surface area contributed by atoms with Gasteiger partial charge in [-0.1, -0.05) is 47.6 Å². The van der Waals surface area contributed by atoms with Crippen LogP contribution in [0.5, 0.6) is 0 Å². The number of amides is 2. The fraction of sp³-hybridized carbons (Fsp3) is 0.259. The van der Waals surface area contributed by atoms with Gasteiger partial charge in [-0.15, -0.1) is 10.2 Å². The van der Waals surface area contributed by atoms with Crippen LogP contribution < -0.4 is 0 Å². The van der Waals surface area contributed by atoms with E-state index in [1.165, 1.54) is 18.0 Å². The molecule has 0 N–H and O–H groups in total. The molecule has 0 atom stereocenters. The Balaban J connectivity index is 1.33. The molecular formula is C27H26ClN5O3S. The summed E-state index contributed by atoms with van der Waals surface area (Å²) in [6.07, 6.45) is 1.48. The maximum Gasteiger partial charge on any atom is 0.289 e. The van der Waals surface area contributed by atoms with Crippen LogP contribution in [0, 0.1) is 13.8 Å². The second-order valence-electron chi connectivity index (χ2n) is 8.85. The number of thioether (sulfide) groups is 1. The number of hydrogen-bond donors (Lipinski definition) is 0. The lowest BCUT2D eigenvalue weighted by Gasteiger charge is -2.34. The summed E-state index contributed by atoms with van der Waals surface area (Å²) in [7, 11) is 0. The number of aryl methyl sites for hydroxylation is 2. The van der Waals surface area contributed by atoms with Crippen LogP contribution in [0.25, 0.3) is 17.1 Å². The van der Waals surface area contributed by atoms with Crippen molar-refractivity contribution in [1.82, 2.24) is 24.6 Å². The van der Waals surface area contributed by atoms with Crippen molar-refractivity contribution in [3.63, 3.8) is 0 Å². The number of hydrogen-bond acceptors (Lipinski definition) is 6. The van der Waals surface area contributed by atoms with Crippen LogP contribution in [0.15, 0.2) is 70.4 Å². The molecule has 0 unspecified atom stereocenters. The Morgan fingerprint density at radius 3 is 2.46 bits per heavy atom. The standard InChI is InChI=1S/C27H26ClN5O3S/c1-18-9-10-19(2)22(16-18)33-25(20-6-3-4-7-21(20)28)29-30-27(33)37-17-24(34)31-11-13-32(14-12-31)26(35)23-8-5-15-36-23/h3-10,15-16H,11-14,17H2,1-2H3. The normalized spacial score (nSPS) is 13.7. The molecular weight excluding hydrogens is 510 g/mol. The second kappa shape index (κ2) is 10.8. The van der Waals surface area contributed by atoms with Crippen molar-refractivity contribution < 1.29 is 14.0 Å². The third-order valence-corrected chi connectivity index (χ3v) is 7.57. The van der Waals surface area contributed by atoms with Gasteiger partial charge < -0.3 is 14.2 Å². The van der Waals surface area contributed by atoms with E-state index < -0.39 is 0 Å². The number of halogens is 1. The summed E-state index contributed by atoms with van der Waals surface area (Å²) < 4.78 is 7.19. The molecule has 4 aromatic rings. The first-order valence-electron chi connectivity index (χ1n) is 11.9. The average molecular weight is 536 g/mol. The molecule has 0 spiro atoms. The van der Waals surface area contributed by atoms with E-state index >= 15 is 0 Å². The molecule has 1 saturated heterocycles. The SMILES string of the molecule is Cc1ccc(C)c(-n2c(SCC(=O)N3CCN(C(=O)c4ccco4)CC3)nnc2-c2ccccc2Cl)c1. The van der Waals surface area contributed by atoms with Gasteiger partial charge in [0, 0.05) is 31.7 Å². The van der Waals surface area contributed by atoms with Crippen LogP contribution in [0.4, 0.5) is 0 Å². The molecule has 8 nitrogen and oxygen atoms in total. The lowest BCUT2D eigenvalue weighted by atomic mass is 10.1. The molecule has 5 rings (SSSR count). The lowest BCUT2D eigenvalue weighted by Crippen LogP contribution is -2.51. The molecule has 2 aromatic carbocycles. The van der Waals surface area contributed by atoms with Crippen molar-refractivity contribution in [1.29, 1.82) is 0 Å². The summed E-state index contributed by atoms with van der Waals surface area (Å²) in [5.41, 5.74) is 3.88. The van der Waals surface area contributed by atoms with Gasteiger partial charge in [0.15, 0.2) is 16.7 Å². The molecule has 0 radical (unpaired) electrons. The summed E-state index contributed by atoms with van der Waals surface area (Å²) in [4.78, 5) is 29.1. The Kier molecular flexibility index (Phi) is 7.34. The van der Waals surface area contributed by atoms with Gasteiger partial charge in [-0.2, -0.15) is 0 Å². The molecule has 2 amide bonds. The number of carbonyl (C=O) groups excluding carboxylic acids is 2. The van der Waals surface area contributed by atoms with Gasteiger partial charge in [0.2, 0.25) is 5.91 Å². The minimum Gasteiger partial charge on any atom is -0.459 e. The lowest BCUT2D eigenvalue weighted by molar-refractivity contribution is -0.129. The van der Waals surface area contributed by atoms with E-state index in [0.717, 1.165) is 22.4 Å². The Hall–Kier alpha value is -3.56. The number of rotatable bonds is 6. The van der Waals surface area contributed by atoms with Crippen molar-refractivity contribution >= 4 is 35.2 Å². The van der Waals surface area contributed by atoms with E-state index in [9.17, 15) is 9.59 Å². The first-order valence-corrected chi connectivity index (χ1v) is 13.3. The minimum absolute atomic E-state index is 0.00935. The fourth-order valence-electron chi connectivity index (χ4n) is 4.29. The largest absolute Gasteiger partial charge is 0.459 e. The first-order chi connectivity index (χ1) is 17.9. The molecule has 0 saturated carbocycles. The third kappa shape index (κ3) is 5.28. The molecule has 1 aliphatic rings. The van der Waals surface area contributed by atoms with Crippen LogP contribution in [-0.2, 0) is 4.79 Å². The van der Waals surface area contributed by atoms with Crippen molar-refractivity contribution in [2.24, 2.45) is 0 Å². The molecule has 37 heavy (non-hydrogen) atoms. The van der Waals surface area contributed by atoms with Crippen LogP contribution >= 0.6 is 23.4 Å². The zero-order valence-electron chi connectivity index (χ0n) is 20.6. The second-order valence-corrected chi connectivity index (χ2v) is 10.2. The van der Waals surface area contributed by atoms with E-state index in [-0.39, 0.29) is 17.6 Å². The third-order valence-electron chi connectivity index (χ3n) is 6.33. The van der Waals surface area contributed by atoms with Gasteiger partial charge >= 0.3 is 0 Å².